The molecule has 0 bridgehead atoms. The van der Waals surface area contributed by atoms with Crippen LogP contribution >= 0.6 is 11.8 Å². The molecule has 90 valence electrons. The fourth-order valence-electron chi connectivity index (χ4n) is 2.13. The molecular weight excluding hydrogens is 247 g/mol. The van der Waals surface area contributed by atoms with Gasteiger partial charge in [-0.25, -0.2) is 0 Å². The average Bonchev–Trinajstić information content (AvgIpc) is 2.75. The van der Waals surface area contributed by atoms with Gasteiger partial charge < -0.3 is 14.5 Å². The second-order valence-corrected chi connectivity index (χ2v) is 4.94. The van der Waals surface area contributed by atoms with Crippen molar-refractivity contribution in [2.45, 2.75) is 4.90 Å². The zero-order valence-electron chi connectivity index (χ0n) is 9.75. The minimum Gasteiger partial charge on any atom is -0.456 e. The lowest BCUT2D eigenvalue weighted by molar-refractivity contribution is 0.425. The summed E-state index contributed by atoms with van der Waals surface area (Å²) in [5, 5.41) is 20.6. The molecule has 0 aliphatic heterocycles. The third-order valence-corrected chi connectivity index (χ3v) is 3.74. The van der Waals surface area contributed by atoms with E-state index in [1.807, 2.05) is 30.5 Å². The molecular formula is C13H11BO3S. The zero-order valence-corrected chi connectivity index (χ0v) is 10.6. The van der Waals surface area contributed by atoms with Crippen molar-refractivity contribution in [3.63, 3.8) is 0 Å². The summed E-state index contributed by atoms with van der Waals surface area (Å²) in [5.41, 5.74) is 1.71. The van der Waals surface area contributed by atoms with Crippen LogP contribution < -0.4 is 5.46 Å². The van der Waals surface area contributed by atoms with Gasteiger partial charge in [0.1, 0.15) is 11.2 Å². The maximum Gasteiger partial charge on any atom is 0.492 e. The number of benzene rings is 2. The average molecular weight is 258 g/mol. The predicted octanol–water partition coefficient (Wildman–Crippen LogP) is 1.99. The lowest BCUT2D eigenvalue weighted by atomic mass is 9.79. The highest BCUT2D eigenvalue weighted by Gasteiger charge is 2.18. The summed E-state index contributed by atoms with van der Waals surface area (Å²) in [6.07, 6.45) is 2.01. The van der Waals surface area contributed by atoms with Gasteiger partial charge >= 0.3 is 7.12 Å². The minimum absolute atomic E-state index is 0.398. The zero-order chi connectivity index (χ0) is 12.7. The molecule has 0 saturated carbocycles. The molecule has 0 atom stereocenters. The van der Waals surface area contributed by atoms with Crippen molar-refractivity contribution in [1.82, 2.24) is 0 Å². The molecule has 1 aromatic heterocycles. The van der Waals surface area contributed by atoms with Crippen LogP contribution in [0.3, 0.4) is 0 Å². The van der Waals surface area contributed by atoms with Crippen LogP contribution in [0.25, 0.3) is 21.9 Å². The number of furan rings is 1. The molecule has 3 nitrogen and oxygen atoms in total. The molecule has 2 N–H and O–H groups in total. The molecule has 0 spiro atoms. The molecule has 1 heterocycles. The van der Waals surface area contributed by atoms with Crippen LogP contribution in [0.5, 0.6) is 0 Å². The highest BCUT2D eigenvalue weighted by molar-refractivity contribution is 7.98. The van der Waals surface area contributed by atoms with Gasteiger partial charge in [0.05, 0.1) is 0 Å². The van der Waals surface area contributed by atoms with Gasteiger partial charge in [-0.3, -0.25) is 0 Å². The summed E-state index contributed by atoms with van der Waals surface area (Å²) in [5.74, 6) is 0. The second-order valence-electron chi connectivity index (χ2n) is 4.06. The van der Waals surface area contributed by atoms with Crippen molar-refractivity contribution >= 4 is 46.3 Å². The molecule has 0 saturated heterocycles. The Morgan fingerprint density at radius 3 is 2.67 bits per heavy atom. The Balaban J connectivity index is 2.38. The maximum atomic E-state index is 9.34. The van der Waals surface area contributed by atoms with Gasteiger partial charge in [0, 0.05) is 21.1 Å². The summed E-state index contributed by atoms with van der Waals surface area (Å²) < 4.78 is 5.75. The van der Waals surface area contributed by atoms with Crippen LogP contribution in [0.2, 0.25) is 0 Å². The van der Waals surface area contributed by atoms with E-state index in [1.54, 1.807) is 23.9 Å². The van der Waals surface area contributed by atoms with Crippen LogP contribution in [0.15, 0.2) is 45.7 Å². The summed E-state index contributed by atoms with van der Waals surface area (Å²) in [6, 6.07) is 11.4. The first-order valence-electron chi connectivity index (χ1n) is 5.56. The van der Waals surface area contributed by atoms with Crippen molar-refractivity contribution < 1.29 is 14.5 Å². The van der Waals surface area contributed by atoms with E-state index in [0.717, 1.165) is 21.3 Å². The quantitative estimate of drug-likeness (QED) is 0.545. The van der Waals surface area contributed by atoms with Gasteiger partial charge in [-0.05, 0) is 24.5 Å². The smallest absolute Gasteiger partial charge is 0.456 e. The molecule has 3 aromatic rings. The number of thioether (sulfide) groups is 1. The fraction of sp³-hybridized carbons (Fsp3) is 0.0769. The van der Waals surface area contributed by atoms with E-state index >= 15 is 0 Å². The fourth-order valence-corrected chi connectivity index (χ4v) is 2.56. The van der Waals surface area contributed by atoms with E-state index in [4.69, 9.17) is 4.42 Å². The van der Waals surface area contributed by atoms with Gasteiger partial charge in [-0.15, -0.1) is 11.8 Å². The molecule has 0 amide bonds. The maximum absolute atomic E-state index is 9.34. The van der Waals surface area contributed by atoms with Crippen molar-refractivity contribution in [3.8, 4) is 0 Å². The Morgan fingerprint density at radius 1 is 1.11 bits per heavy atom. The van der Waals surface area contributed by atoms with Crippen LogP contribution in [0, 0.1) is 0 Å². The topological polar surface area (TPSA) is 53.6 Å². The minimum atomic E-state index is -1.52. The summed E-state index contributed by atoms with van der Waals surface area (Å²) in [4.78, 5) is 1.12. The van der Waals surface area contributed by atoms with E-state index in [1.165, 1.54) is 0 Å². The molecule has 2 aromatic carbocycles. The molecule has 3 rings (SSSR count). The normalized spacial score (nSPS) is 11.3. The number of para-hydroxylation sites is 1. The van der Waals surface area contributed by atoms with E-state index in [0.29, 0.717) is 11.0 Å². The van der Waals surface area contributed by atoms with Crippen LogP contribution in [0.1, 0.15) is 0 Å². The SMILES string of the molecule is CSc1ccc2c(c1)oc1c(B(O)O)cccc12. The van der Waals surface area contributed by atoms with Crippen molar-refractivity contribution in [3.05, 3.63) is 36.4 Å². The Kier molecular flexibility index (Phi) is 2.82. The van der Waals surface area contributed by atoms with Gasteiger partial charge in [-0.2, -0.15) is 0 Å². The Bertz CT molecular complexity index is 721. The van der Waals surface area contributed by atoms with Crippen LogP contribution in [-0.4, -0.2) is 23.4 Å². The predicted molar refractivity (Wildman–Crippen MR) is 75.3 cm³/mol. The highest BCUT2D eigenvalue weighted by Crippen LogP contribution is 2.30. The lowest BCUT2D eigenvalue weighted by Gasteiger charge is -1.98. The summed E-state index contributed by atoms with van der Waals surface area (Å²) in [6.45, 7) is 0. The monoisotopic (exact) mass is 258 g/mol. The van der Waals surface area contributed by atoms with Gasteiger partial charge in [-0.1, -0.05) is 18.2 Å². The number of hydrogen-bond acceptors (Lipinski definition) is 4. The van der Waals surface area contributed by atoms with Crippen LogP contribution in [-0.2, 0) is 0 Å². The summed E-state index contributed by atoms with van der Waals surface area (Å²) >= 11 is 1.65. The molecule has 0 aliphatic carbocycles. The van der Waals surface area contributed by atoms with E-state index < -0.39 is 7.12 Å². The molecule has 18 heavy (non-hydrogen) atoms. The first-order valence-corrected chi connectivity index (χ1v) is 6.78. The first kappa shape index (κ1) is 11.7. The Morgan fingerprint density at radius 2 is 1.94 bits per heavy atom. The highest BCUT2D eigenvalue weighted by atomic mass is 32.2. The summed E-state index contributed by atoms with van der Waals surface area (Å²) in [7, 11) is -1.52. The molecule has 0 unspecified atom stereocenters. The van der Waals surface area contributed by atoms with Crippen LogP contribution in [0.4, 0.5) is 0 Å². The molecule has 5 heteroatoms. The molecule has 0 radical (unpaired) electrons. The largest absolute Gasteiger partial charge is 0.492 e. The second kappa shape index (κ2) is 4.35. The first-order chi connectivity index (χ1) is 8.70. The van der Waals surface area contributed by atoms with Gasteiger partial charge in [0.15, 0.2) is 0 Å². The lowest BCUT2D eigenvalue weighted by Crippen LogP contribution is -2.29. The Labute approximate surface area is 109 Å². The third kappa shape index (κ3) is 1.71. The van der Waals surface area contributed by atoms with E-state index in [-0.39, 0.29) is 0 Å². The number of fused-ring (bicyclic) bond motifs is 3. The van der Waals surface area contributed by atoms with Crippen molar-refractivity contribution in [2.75, 3.05) is 6.26 Å². The van der Waals surface area contributed by atoms with Gasteiger partial charge in [0.2, 0.25) is 0 Å². The standard InChI is InChI=1S/C13H11BO3S/c1-18-8-5-6-9-10-3-2-4-11(14(15)16)13(10)17-12(9)7-8/h2-7,15-16H,1H3. The van der Waals surface area contributed by atoms with E-state index in [9.17, 15) is 10.0 Å². The van der Waals surface area contributed by atoms with E-state index in [2.05, 4.69) is 0 Å². The third-order valence-electron chi connectivity index (χ3n) is 3.01. The van der Waals surface area contributed by atoms with Crippen molar-refractivity contribution in [2.24, 2.45) is 0 Å². The molecule has 0 aliphatic rings. The van der Waals surface area contributed by atoms with Crippen molar-refractivity contribution in [1.29, 1.82) is 0 Å². The Hall–Kier alpha value is -1.43. The van der Waals surface area contributed by atoms with Gasteiger partial charge in [0.25, 0.3) is 0 Å². The number of rotatable bonds is 2. The number of hydrogen-bond donors (Lipinski definition) is 2. The molecule has 0 fully saturated rings.